The summed E-state index contributed by atoms with van der Waals surface area (Å²) in [7, 11) is 0. The third-order valence-corrected chi connectivity index (χ3v) is 6.58. The minimum Gasteiger partial charge on any atom is -0.387 e. The van der Waals surface area contributed by atoms with Crippen LogP contribution in [-0.2, 0) is 22.3 Å². The molecule has 0 saturated carbocycles. The van der Waals surface area contributed by atoms with Gasteiger partial charge in [0.1, 0.15) is 6.10 Å². The Bertz CT molecular complexity index is 804. The number of fused-ring (bicyclic) bond motifs is 2. The molecule has 2 aromatic rings. The van der Waals surface area contributed by atoms with E-state index in [2.05, 4.69) is 0 Å². The molecule has 4 rings (SSSR count). The number of ether oxygens (including phenoxy) is 2. The van der Waals surface area contributed by atoms with E-state index in [-0.39, 0.29) is 6.10 Å². The van der Waals surface area contributed by atoms with Crippen LogP contribution in [0.3, 0.4) is 0 Å². The zero-order valence-electron chi connectivity index (χ0n) is 14.3. The minimum absolute atomic E-state index is 0.0597. The predicted molar refractivity (Wildman–Crippen MR) is 108 cm³/mol. The predicted octanol–water partition coefficient (Wildman–Crippen LogP) is 5.58. The van der Waals surface area contributed by atoms with E-state index in [1.807, 2.05) is 24.3 Å². The average Bonchev–Trinajstić information content (AvgIpc) is 3.02. The maximum Gasteiger partial charge on any atom is 0.184 e. The van der Waals surface area contributed by atoms with Crippen molar-refractivity contribution in [2.24, 2.45) is 5.41 Å². The molecule has 2 heterocycles. The van der Waals surface area contributed by atoms with Gasteiger partial charge in [0.15, 0.2) is 6.29 Å². The molecule has 144 valence electrons. The zero-order chi connectivity index (χ0) is 19.2. The molecule has 2 saturated heterocycles. The Kier molecular flexibility index (Phi) is 5.65. The van der Waals surface area contributed by atoms with E-state index in [9.17, 15) is 5.11 Å². The summed E-state index contributed by atoms with van der Waals surface area (Å²) in [6.07, 6.45) is 0.250. The topological polar surface area (TPSA) is 38.7 Å². The van der Waals surface area contributed by atoms with E-state index < -0.39 is 17.8 Å². The fourth-order valence-corrected chi connectivity index (χ4v) is 5.06. The van der Waals surface area contributed by atoms with Crippen LogP contribution in [0.4, 0.5) is 0 Å². The van der Waals surface area contributed by atoms with Gasteiger partial charge in [-0.3, -0.25) is 0 Å². The lowest BCUT2D eigenvalue weighted by molar-refractivity contribution is -0.205. The van der Waals surface area contributed by atoms with Crippen LogP contribution in [0.25, 0.3) is 0 Å². The van der Waals surface area contributed by atoms with E-state index >= 15 is 0 Å². The highest BCUT2D eigenvalue weighted by Crippen LogP contribution is 2.47. The number of aliphatic hydroxyl groups is 1. The van der Waals surface area contributed by atoms with Crippen molar-refractivity contribution in [3.63, 3.8) is 0 Å². The Morgan fingerprint density at radius 2 is 1.48 bits per heavy atom. The summed E-state index contributed by atoms with van der Waals surface area (Å²) < 4.78 is 11.4. The first kappa shape index (κ1) is 19.8. The molecule has 0 aromatic heterocycles. The smallest absolute Gasteiger partial charge is 0.184 e. The molecule has 2 aromatic carbocycles. The average molecular weight is 448 g/mol. The first-order valence-corrected chi connectivity index (χ1v) is 10.2. The van der Waals surface area contributed by atoms with Crippen LogP contribution in [0.15, 0.2) is 36.4 Å². The molecule has 2 aliphatic rings. The van der Waals surface area contributed by atoms with Crippen molar-refractivity contribution in [2.75, 3.05) is 6.61 Å². The van der Waals surface area contributed by atoms with Gasteiger partial charge in [-0.1, -0.05) is 58.5 Å². The molecule has 1 N–H and O–H groups in total. The van der Waals surface area contributed by atoms with Gasteiger partial charge in [-0.15, -0.1) is 0 Å². The lowest BCUT2D eigenvalue weighted by Gasteiger charge is -2.44. The molecule has 2 fully saturated rings. The van der Waals surface area contributed by atoms with Crippen molar-refractivity contribution in [1.82, 2.24) is 0 Å². The summed E-state index contributed by atoms with van der Waals surface area (Å²) >= 11 is 24.9. The summed E-state index contributed by atoms with van der Waals surface area (Å²) in [6.45, 7) is 0.478. The van der Waals surface area contributed by atoms with Gasteiger partial charge in [-0.05, 0) is 54.7 Å². The van der Waals surface area contributed by atoms with E-state index in [0.29, 0.717) is 46.0 Å². The Morgan fingerprint density at radius 3 is 2.00 bits per heavy atom. The van der Waals surface area contributed by atoms with Crippen LogP contribution in [0.1, 0.15) is 17.5 Å². The maximum atomic E-state index is 11.1. The number of hydrogen-bond acceptors (Lipinski definition) is 3. The van der Waals surface area contributed by atoms with Crippen molar-refractivity contribution in [1.29, 1.82) is 0 Å². The van der Waals surface area contributed by atoms with Gasteiger partial charge < -0.3 is 14.6 Å². The largest absolute Gasteiger partial charge is 0.387 e. The second-order valence-electron chi connectivity index (χ2n) is 7.30. The van der Waals surface area contributed by atoms with Crippen LogP contribution < -0.4 is 0 Å². The fourth-order valence-electron chi connectivity index (χ4n) is 4.11. The molecule has 7 heteroatoms. The van der Waals surface area contributed by atoms with Crippen LogP contribution >= 0.6 is 46.4 Å². The molecule has 3 nitrogen and oxygen atoms in total. The first-order valence-electron chi connectivity index (χ1n) is 8.69. The second kappa shape index (κ2) is 7.72. The van der Waals surface area contributed by atoms with Crippen molar-refractivity contribution in [2.45, 2.75) is 37.8 Å². The van der Waals surface area contributed by atoms with Crippen molar-refractivity contribution in [3.05, 3.63) is 67.6 Å². The van der Waals surface area contributed by atoms with Gasteiger partial charge >= 0.3 is 0 Å². The van der Waals surface area contributed by atoms with Gasteiger partial charge in [0.25, 0.3) is 0 Å². The van der Waals surface area contributed by atoms with E-state index in [1.165, 1.54) is 0 Å². The summed E-state index contributed by atoms with van der Waals surface area (Å²) in [4.78, 5) is 0. The lowest BCUT2D eigenvalue weighted by atomic mass is 9.68. The van der Waals surface area contributed by atoms with Gasteiger partial charge in [0.2, 0.25) is 0 Å². The van der Waals surface area contributed by atoms with Crippen molar-refractivity contribution in [3.8, 4) is 0 Å². The lowest BCUT2D eigenvalue weighted by Crippen LogP contribution is -2.51. The number of hydrogen-bond donors (Lipinski definition) is 1. The number of rotatable bonds is 4. The van der Waals surface area contributed by atoms with Crippen LogP contribution in [-0.4, -0.2) is 30.2 Å². The molecule has 0 amide bonds. The summed E-state index contributed by atoms with van der Waals surface area (Å²) in [5, 5.41) is 13.4. The number of aliphatic hydroxyl groups excluding tert-OH is 1. The molecule has 0 spiro atoms. The normalized spacial score (nSPS) is 26.3. The Labute approximate surface area is 178 Å². The highest BCUT2D eigenvalue weighted by Gasteiger charge is 2.53. The van der Waals surface area contributed by atoms with Gasteiger partial charge in [0.05, 0.1) is 12.7 Å². The summed E-state index contributed by atoms with van der Waals surface area (Å²) in [5.74, 6) is 0. The van der Waals surface area contributed by atoms with Gasteiger partial charge in [-0.25, -0.2) is 0 Å². The summed E-state index contributed by atoms with van der Waals surface area (Å²) in [5.41, 5.74) is 1.32. The Morgan fingerprint density at radius 1 is 0.926 bits per heavy atom. The molecular weight excluding hydrogens is 430 g/mol. The van der Waals surface area contributed by atoms with Crippen molar-refractivity contribution < 1.29 is 14.6 Å². The molecule has 2 aliphatic heterocycles. The Hall–Kier alpha value is -0.520. The van der Waals surface area contributed by atoms with Crippen LogP contribution in [0.5, 0.6) is 0 Å². The number of halogens is 4. The maximum absolute atomic E-state index is 11.1. The molecule has 0 aliphatic carbocycles. The summed E-state index contributed by atoms with van der Waals surface area (Å²) in [6, 6.07) is 10.9. The quantitative estimate of drug-likeness (QED) is 0.664. The standard InChI is InChI=1S/C20H18Cl4O3/c21-13-3-1-11(16(23)5-13)7-20(8-12-2-4-14(22)6-17(12)24)9-15-10-26-19(27-15)18(20)25/h1-6,15,18-19,25H,7-10H2/t15-,18+,19+/m0/s1. The Balaban J connectivity index is 1.73. The van der Waals surface area contributed by atoms with E-state index in [0.717, 1.165) is 11.1 Å². The SMILES string of the molecule is O[C@@H]1[C@@H]2OC[C@H](CC1(Cc1ccc(Cl)cc1Cl)Cc1ccc(Cl)cc1Cl)O2. The second-order valence-corrected chi connectivity index (χ2v) is 8.98. The molecule has 0 radical (unpaired) electrons. The fraction of sp³-hybridized carbons (Fsp3) is 0.400. The molecule has 3 atom stereocenters. The third-order valence-electron chi connectivity index (χ3n) is 5.41. The minimum atomic E-state index is -0.810. The van der Waals surface area contributed by atoms with E-state index in [1.54, 1.807) is 12.1 Å². The highest BCUT2D eigenvalue weighted by molar-refractivity contribution is 6.35. The molecule has 2 bridgehead atoms. The van der Waals surface area contributed by atoms with Gasteiger partial charge in [0, 0.05) is 25.5 Å². The van der Waals surface area contributed by atoms with Crippen molar-refractivity contribution >= 4 is 46.4 Å². The third kappa shape index (κ3) is 3.97. The highest BCUT2D eigenvalue weighted by atomic mass is 35.5. The van der Waals surface area contributed by atoms with Crippen LogP contribution in [0.2, 0.25) is 20.1 Å². The van der Waals surface area contributed by atoms with Gasteiger partial charge in [-0.2, -0.15) is 0 Å². The number of benzene rings is 2. The molecule has 0 unspecified atom stereocenters. The zero-order valence-corrected chi connectivity index (χ0v) is 17.3. The molecular formula is C20H18Cl4O3. The first-order chi connectivity index (χ1) is 12.9. The molecule has 27 heavy (non-hydrogen) atoms. The van der Waals surface area contributed by atoms with Crippen LogP contribution in [0, 0.1) is 5.41 Å². The van der Waals surface area contributed by atoms with E-state index in [4.69, 9.17) is 55.9 Å². The monoisotopic (exact) mass is 446 g/mol.